The van der Waals surface area contributed by atoms with Crippen molar-refractivity contribution in [1.82, 2.24) is 24.7 Å². The van der Waals surface area contributed by atoms with E-state index in [9.17, 15) is 9.59 Å². The molecular weight excluding hydrogens is 549 g/mol. The Hall–Kier alpha value is -3.23. The number of nitrogens with zero attached hydrogens (tertiary/aromatic N) is 4. The Labute approximate surface area is 245 Å². The van der Waals surface area contributed by atoms with E-state index in [-0.39, 0.29) is 17.9 Å². The highest BCUT2D eigenvalue weighted by Crippen LogP contribution is 2.34. The Morgan fingerprint density at radius 2 is 1.80 bits per heavy atom. The molecule has 2 saturated heterocycles. The third-order valence-corrected chi connectivity index (χ3v) is 8.35. The SMILES string of the molecule is O=C(N[C@H](Cc1ccc(Cl)cc1Cl)C(=O)N1CCC(c2ccccc2OCCn2ccnc2)CC1)N1CCCC1. The minimum atomic E-state index is -0.706. The molecule has 0 saturated carbocycles. The fraction of sp³-hybridized carbons (Fsp3) is 0.433. The number of amides is 3. The molecule has 1 atom stereocenters. The zero-order chi connectivity index (χ0) is 27.9. The van der Waals surface area contributed by atoms with E-state index in [1.165, 1.54) is 5.56 Å². The van der Waals surface area contributed by atoms with Gasteiger partial charge in [0.1, 0.15) is 18.4 Å². The maximum absolute atomic E-state index is 13.8. The molecule has 2 aliphatic heterocycles. The number of imidazole rings is 1. The molecule has 0 aliphatic carbocycles. The van der Waals surface area contributed by atoms with Crippen LogP contribution in [0.4, 0.5) is 4.79 Å². The highest BCUT2D eigenvalue weighted by molar-refractivity contribution is 6.35. The van der Waals surface area contributed by atoms with Crippen LogP contribution in [-0.2, 0) is 17.8 Å². The second kappa shape index (κ2) is 13.4. The van der Waals surface area contributed by atoms with Crippen molar-refractivity contribution in [3.63, 3.8) is 0 Å². The second-order valence-corrected chi connectivity index (χ2v) is 11.3. The van der Waals surface area contributed by atoms with Crippen LogP contribution in [0, 0.1) is 0 Å². The van der Waals surface area contributed by atoms with Crippen molar-refractivity contribution in [1.29, 1.82) is 0 Å². The summed E-state index contributed by atoms with van der Waals surface area (Å²) in [5, 5.41) is 4.03. The number of benzene rings is 2. The first-order chi connectivity index (χ1) is 19.5. The van der Waals surface area contributed by atoms with Crippen LogP contribution in [0.15, 0.2) is 61.2 Å². The monoisotopic (exact) mass is 583 g/mol. The highest BCUT2D eigenvalue weighted by atomic mass is 35.5. The van der Waals surface area contributed by atoms with Gasteiger partial charge in [-0.1, -0.05) is 47.5 Å². The van der Waals surface area contributed by atoms with E-state index >= 15 is 0 Å². The van der Waals surface area contributed by atoms with Crippen molar-refractivity contribution in [2.75, 3.05) is 32.8 Å². The predicted octanol–water partition coefficient (Wildman–Crippen LogP) is 5.39. The molecule has 0 unspecified atom stereocenters. The molecule has 0 spiro atoms. The standard InChI is InChI=1S/C30H35Cl2N5O3/c31-24-8-7-23(26(32)20-24)19-27(34-30(39)37-12-3-4-13-37)29(38)36-14-9-22(10-15-36)25-5-1-2-6-28(25)40-18-17-35-16-11-33-21-35/h1-2,5-8,11,16,20-22,27H,3-4,9-10,12-15,17-19H2,(H,34,39)/t27-/m1/s1. The van der Waals surface area contributed by atoms with Gasteiger partial charge < -0.3 is 24.4 Å². The number of halogens is 2. The first kappa shape index (κ1) is 28.3. The Morgan fingerprint density at radius 1 is 1.02 bits per heavy atom. The van der Waals surface area contributed by atoms with Gasteiger partial charge in [-0.2, -0.15) is 0 Å². The smallest absolute Gasteiger partial charge is 0.318 e. The minimum absolute atomic E-state index is 0.0816. The largest absolute Gasteiger partial charge is 0.491 e. The number of ether oxygens (including phenoxy) is 1. The molecular formula is C30H35Cl2N5O3. The third kappa shape index (κ3) is 7.09. The van der Waals surface area contributed by atoms with Crippen LogP contribution in [0.1, 0.15) is 42.7 Å². The Bertz CT molecular complexity index is 1290. The number of nitrogens with one attached hydrogen (secondary N) is 1. The maximum atomic E-state index is 13.8. The van der Waals surface area contributed by atoms with E-state index in [0.717, 1.165) is 43.5 Å². The van der Waals surface area contributed by atoms with Gasteiger partial charge in [-0.15, -0.1) is 0 Å². The molecule has 1 N–H and O–H groups in total. The van der Waals surface area contributed by atoms with Gasteiger partial charge in [0.25, 0.3) is 0 Å². The molecule has 2 fully saturated rings. The number of carbonyl (C=O) groups is 2. The lowest BCUT2D eigenvalue weighted by Gasteiger charge is -2.35. The lowest BCUT2D eigenvalue weighted by atomic mass is 9.88. The fourth-order valence-electron chi connectivity index (χ4n) is 5.53. The molecule has 0 radical (unpaired) electrons. The topological polar surface area (TPSA) is 79.7 Å². The summed E-state index contributed by atoms with van der Waals surface area (Å²) in [6.45, 7) is 3.92. The van der Waals surface area contributed by atoms with Crippen LogP contribution in [0.25, 0.3) is 0 Å². The van der Waals surface area contributed by atoms with Crippen molar-refractivity contribution < 1.29 is 14.3 Å². The van der Waals surface area contributed by atoms with Crippen molar-refractivity contribution in [2.24, 2.45) is 0 Å². The number of rotatable bonds is 9. The molecule has 3 aromatic rings. The number of hydrogen-bond acceptors (Lipinski definition) is 4. The highest BCUT2D eigenvalue weighted by Gasteiger charge is 2.32. The Balaban J connectivity index is 1.23. The fourth-order valence-corrected chi connectivity index (χ4v) is 6.01. The lowest BCUT2D eigenvalue weighted by Crippen LogP contribution is -2.54. The van der Waals surface area contributed by atoms with Gasteiger partial charge in [0.2, 0.25) is 5.91 Å². The van der Waals surface area contributed by atoms with Gasteiger partial charge in [0.15, 0.2) is 0 Å². The zero-order valence-corrected chi connectivity index (χ0v) is 24.0. The average molecular weight is 585 g/mol. The third-order valence-electron chi connectivity index (χ3n) is 7.76. The number of piperidine rings is 1. The first-order valence-electron chi connectivity index (χ1n) is 13.9. The molecule has 5 rings (SSSR count). The van der Waals surface area contributed by atoms with Crippen LogP contribution in [0.2, 0.25) is 10.0 Å². The van der Waals surface area contributed by atoms with E-state index in [4.69, 9.17) is 27.9 Å². The number of carbonyl (C=O) groups excluding carboxylic acids is 2. The van der Waals surface area contributed by atoms with Crippen molar-refractivity contribution in [3.05, 3.63) is 82.4 Å². The number of hydrogen-bond donors (Lipinski definition) is 1. The molecule has 3 heterocycles. The van der Waals surface area contributed by atoms with E-state index in [0.29, 0.717) is 49.3 Å². The van der Waals surface area contributed by atoms with Gasteiger partial charge in [-0.25, -0.2) is 9.78 Å². The van der Waals surface area contributed by atoms with Crippen LogP contribution >= 0.6 is 23.2 Å². The zero-order valence-electron chi connectivity index (χ0n) is 22.5. The summed E-state index contributed by atoms with van der Waals surface area (Å²) in [5.74, 6) is 1.10. The summed E-state index contributed by atoms with van der Waals surface area (Å²) >= 11 is 12.5. The summed E-state index contributed by atoms with van der Waals surface area (Å²) in [6.07, 6.45) is 9.38. The number of para-hydroxylation sites is 1. The lowest BCUT2D eigenvalue weighted by molar-refractivity contribution is -0.134. The van der Waals surface area contributed by atoms with Gasteiger partial charge in [0, 0.05) is 55.0 Å². The van der Waals surface area contributed by atoms with E-state index in [1.807, 2.05) is 39.9 Å². The molecule has 2 aromatic carbocycles. The maximum Gasteiger partial charge on any atom is 0.318 e. The van der Waals surface area contributed by atoms with E-state index in [2.05, 4.69) is 16.4 Å². The Kier molecular flexibility index (Phi) is 9.49. The molecule has 8 nitrogen and oxygen atoms in total. The van der Waals surface area contributed by atoms with Crippen LogP contribution in [0.5, 0.6) is 5.75 Å². The van der Waals surface area contributed by atoms with E-state index in [1.54, 1.807) is 29.6 Å². The first-order valence-corrected chi connectivity index (χ1v) is 14.7. The van der Waals surface area contributed by atoms with Gasteiger partial charge in [-0.3, -0.25) is 4.79 Å². The molecule has 0 bridgehead atoms. The van der Waals surface area contributed by atoms with Crippen molar-refractivity contribution in [3.8, 4) is 5.75 Å². The second-order valence-electron chi connectivity index (χ2n) is 10.4. The number of aromatic nitrogens is 2. The van der Waals surface area contributed by atoms with Crippen LogP contribution in [-0.4, -0.2) is 70.1 Å². The van der Waals surface area contributed by atoms with Crippen molar-refractivity contribution in [2.45, 2.75) is 50.6 Å². The molecule has 10 heteroatoms. The number of likely N-dealkylation sites (tertiary alicyclic amines) is 2. The summed E-state index contributed by atoms with van der Waals surface area (Å²) in [6, 6.07) is 12.5. The summed E-state index contributed by atoms with van der Waals surface area (Å²) in [7, 11) is 0. The number of urea groups is 1. The minimum Gasteiger partial charge on any atom is -0.491 e. The summed E-state index contributed by atoms with van der Waals surface area (Å²) in [4.78, 5) is 34.5. The molecule has 1 aromatic heterocycles. The van der Waals surface area contributed by atoms with Crippen molar-refractivity contribution >= 4 is 35.1 Å². The molecule has 2 aliphatic rings. The van der Waals surface area contributed by atoms with E-state index < -0.39 is 6.04 Å². The van der Waals surface area contributed by atoms with Crippen LogP contribution in [0.3, 0.4) is 0 Å². The van der Waals surface area contributed by atoms with Gasteiger partial charge in [0.05, 0.1) is 12.9 Å². The summed E-state index contributed by atoms with van der Waals surface area (Å²) < 4.78 is 8.14. The predicted molar refractivity (Wildman–Crippen MR) is 156 cm³/mol. The summed E-state index contributed by atoms with van der Waals surface area (Å²) in [5.41, 5.74) is 1.95. The normalized spacial score (nSPS) is 16.6. The van der Waals surface area contributed by atoms with Gasteiger partial charge >= 0.3 is 6.03 Å². The van der Waals surface area contributed by atoms with Crippen LogP contribution < -0.4 is 10.1 Å². The average Bonchev–Trinajstić information content (AvgIpc) is 3.69. The molecule has 40 heavy (non-hydrogen) atoms. The Morgan fingerprint density at radius 3 is 2.52 bits per heavy atom. The molecule has 212 valence electrons. The quantitative estimate of drug-likeness (QED) is 0.366. The molecule has 3 amide bonds. The van der Waals surface area contributed by atoms with Gasteiger partial charge in [-0.05, 0) is 60.9 Å².